The second kappa shape index (κ2) is 10.0. The van der Waals surface area contributed by atoms with Crippen LogP contribution in [0.3, 0.4) is 0 Å². The first-order valence-corrected chi connectivity index (χ1v) is 13.1. The molecule has 1 fully saturated rings. The van der Waals surface area contributed by atoms with Gasteiger partial charge in [-0.05, 0) is 50.2 Å². The molecule has 3 aromatic rings. The van der Waals surface area contributed by atoms with Crippen LogP contribution >= 0.6 is 0 Å². The number of aromatic nitrogens is 2. The van der Waals surface area contributed by atoms with Gasteiger partial charge in [-0.1, -0.05) is 0 Å². The van der Waals surface area contributed by atoms with Crippen molar-refractivity contribution in [2.24, 2.45) is 0 Å². The minimum absolute atomic E-state index is 0.0532. The van der Waals surface area contributed by atoms with Gasteiger partial charge >= 0.3 is 0 Å². The average molecular weight is 499 g/mol. The number of piperazine rings is 1. The zero-order valence-corrected chi connectivity index (χ0v) is 21.0. The molecule has 35 heavy (non-hydrogen) atoms. The number of hydrogen-bond acceptors (Lipinski definition) is 6. The number of nitrogens with one attached hydrogen (secondary N) is 1. The third-order valence-corrected chi connectivity index (χ3v) is 8.12. The number of sulfonamides is 1. The van der Waals surface area contributed by atoms with Gasteiger partial charge in [-0.2, -0.15) is 9.40 Å². The van der Waals surface area contributed by atoms with Gasteiger partial charge in [0.2, 0.25) is 15.9 Å². The summed E-state index contributed by atoms with van der Waals surface area (Å²) in [4.78, 5) is 28.2. The summed E-state index contributed by atoms with van der Waals surface area (Å²) >= 11 is 0. The second-order valence-corrected chi connectivity index (χ2v) is 10.3. The average Bonchev–Trinajstić information content (AvgIpc) is 3.28. The monoisotopic (exact) mass is 498 g/mol. The van der Waals surface area contributed by atoms with E-state index in [1.807, 2.05) is 32.2 Å². The van der Waals surface area contributed by atoms with Crippen LogP contribution in [0, 0.1) is 0 Å². The lowest BCUT2D eigenvalue weighted by molar-refractivity contribution is -0.114. The Morgan fingerprint density at radius 3 is 2.29 bits per heavy atom. The van der Waals surface area contributed by atoms with Crippen LogP contribution in [0.4, 0.5) is 11.4 Å². The number of carbonyl (C=O) groups excluding carboxylic acids is 2. The molecule has 10 nitrogen and oxygen atoms in total. The second-order valence-electron chi connectivity index (χ2n) is 8.35. The Morgan fingerprint density at radius 1 is 1.03 bits per heavy atom. The Bertz CT molecular complexity index is 1320. The number of amides is 2. The smallest absolute Gasteiger partial charge is 0.257 e. The number of pyridine rings is 1. The van der Waals surface area contributed by atoms with Gasteiger partial charge in [0.05, 0.1) is 22.2 Å². The Kier molecular flexibility index (Phi) is 7.08. The largest absolute Gasteiger partial charge is 0.369 e. The Balaban J connectivity index is 1.48. The van der Waals surface area contributed by atoms with E-state index in [0.717, 1.165) is 11.2 Å². The lowest BCUT2D eigenvalue weighted by atomic mass is 10.2. The summed E-state index contributed by atoms with van der Waals surface area (Å²) in [6.07, 6.45) is 3.42. The van der Waals surface area contributed by atoms with Crippen molar-refractivity contribution in [3.63, 3.8) is 0 Å². The van der Waals surface area contributed by atoms with Crippen molar-refractivity contribution in [2.75, 3.05) is 49.5 Å². The maximum atomic E-state index is 13.1. The van der Waals surface area contributed by atoms with E-state index < -0.39 is 10.0 Å². The molecule has 1 N–H and O–H groups in total. The lowest BCUT2D eigenvalue weighted by Gasteiger charge is -2.35. The molecule has 2 amide bonds. The van der Waals surface area contributed by atoms with Gasteiger partial charge in [0.1, 0.15) is 0 Å². The summed E-state index contributed by atoms with van der Waals surface area (Å²) in [6, 6.07) is 10.1. The zero-order valence-electron chi connectivity index (χ0n) is 20.1. The highest BCUT2D eigenvalue weighted by Crippen LogP contribution is 2.25. The molecule has 4 rings (SSSR count). The highest BCUT2D eigenvalue weighted by atomic mass is 32.2. The molecule has 0 spiro atoms. The van der Waals surface area contributed by atoms with Crippen LogP contribution in [-0.4, -0.2) is 78.3 Å². The van der Waals surface area contributed by atoms with Crippen LogP contribution in [0.25, 0.3) is 5.52 Å². The molecule has 1 saturated heterocycles. The fourth-order valence-electron chi connectivity index (χ4n) is 4.26. The van der Waals surface area contributed by atoms with Crippen molar-refractivity contribution >= 4 is 38.7 Å². The van der Waals surface area contributed by atoms with Gasteiger partial charge in [-0.3, -0.25) is 9.59 Å². The molecule has 1 aliphatic heterocycles. The van der Waals surface area contributed by atoms with E-state index in [9.17, 15) is 18.0 Å². The highest BCUT2D eigenvalue weighted by Gasteiger charge is 2.29. The number of carbonyl (C=O) groups is 2. The molecule has 11 heteroatoms. The van der Waals surface area contributed by atoms with Gasteiger partial charge < -0.3 is 15.1 Å². The first kappa shape index (κ1) is 24.7. The van der Waals surface area contributed by atoms with Crippen LogP contribution < -0.4 is 10.2 Å². The molecule has 0 bridgehead atoms. The van der Waals surface area contributed by atoms with Crippen LogP contribution in [0.2, 0.25) is 0 Å². The number of anilines is 2. The summed E-state index contributed by atoms with van der Waals surface area (Å²) in [5.74, 6) is -0.266. The predicted molar refractivity (Wildman–Crippen MR) is 134 cm³/mol. The number of hydrogen-bond donors (Lipinski definition) is 1. The van der Waals surface area contributed by atoms with Crippen LogP contribution in [0.1, 0.15) is 31.1 Å². The van der Waals surface area contributed by atoms with E-state index in [4.69, 9.17) is 0 Å². The summed E-state index contributed by atoms with van der Waals surface area (Å²) in [6.45, 7) is 8.26. The first-order chi connectivity index (χ1) is 16.7. The summed E-state index contributed by atoms with van der Waals surface area (Å²) < 4.78 is 29.4. The summed E-state index contributed by atoms with van der Waals surface area (Å²) in [5.41, 5.74) is 2.76. The third-order valence-electron chi connectivity index (χ3n) is 6.20. The van der Waals surface area contributed by atoms with Crippen molar-refractivity contribution in [3.8, 4) is 0 Å². The predicted octanol–water partition coefficient (Wildman–Crippen LogP) is 2.29. The van der Waals surface area contributed by atoms with Gasteiger partial charge in [-0.25, -0.2) is 12.9 Å². The number of benzene rings is 1. The molecule has 0 unspecified atom stereocenters. The van der Waals surface area contributed by atoms with Gasteiger partial charge in [-0.15, -0.1) is 0 Å². The van der Waals surface area contributed by atoms with Crippen molar-refractivity contribution in [1.29, 1.82) is 0 Å². The quantitative estimate of drug-likeness (QED) is 0.536. The van der Waals surface area contributed by atoms with E-state index in [1.54, 1.807) is 27.7 Å². The molecule has 3 heterocycles. The maximum absolute atomic E-state index is 13.1. The van der Waals surface area contributed by atoms with E-state index in [2.05, 4.69) is 15.3 Å². The van der Waals surface area contributed by atoms with Gasteiger partial charge in [0, 0.05) is 63.8 Å². The van der Waals surface area contributed by atoms with Crippen LogP contribution in [0.15, 0.2) is 53.7 Å². The Labute approximate surface area is 205 Å². The van der Waals surface area contributed by atoms with E-state index >= 15 is 0 Å². The topological polar surface area (TPSA) is 107 Å². The summed E-state index contributed by atoms with van der Waals surface area (Å²) in [5, 5.41) is 6.95. The third kappa shape index (κ3) is 5.01. The van der Waals surface area contributed by atoms with Crippen LogP contribution in [0.5, 0.6) is 0 Å². The van der Waals surface area contributed by atoms with Crippen molar-refractivity contribution in [1.82, 2.24) is 18.8 Å². The van der Waals surface area contributed by atoms with Crippen molar-refractivity contribution in [2.45, 2.75) is 25.7 Å². The maximum Gasteiger partial charge on any atom is 0.257 e. The lowest BCUT2D eigenvalue weighted by Crippen LogP contribution is -2.48. The first-order valence-electron chi connectivity index (χ1n) is 11.6. The van der Waals surface area contributed by atoms with E-state index in [-0.39, 0.29) is 16.7 Å². The Hall–Kier alpha value is -3.44. The zero-order chi connectivity index (χ0) is 25.2. The highest BCUT2D eigenvalue weighted by molar-refractivity contribution is 7.89. The molecule has 0 radical (unpaired) electrons. The number of fused-ring (bicyclic) bond motifs is 1. The molecule has 1 aliphatic rings. The number of nitrogens with zero attached hydrogens (tertiary/aromatic N) is 5. The minimum atomic E-state index is -3.64. The summed E-state index contributed by atoms with van der Waals surface area (Å²) in [7, 11) is -3.64. The van der Waals surface area contributed by atoms with Gasteiger partial charge in [0.25, 0.3) is 5.91 Å². The standard InChI is InChI=1S/C24H30N6O4S/c1-4-27(5-2)24(32)22-17-25-30-11-10-20(16-23(22)30)28-12-14-29(15-13-28)35(33,34)21-8-6-19(7-9-21)26-18(3)31/h6-11,16-17H,4-5,12-15H2,1-3H3,(H,26,31). The molecule has 1 aromatic carbocycles. The number of rotatable bonds is 7. The molecular weight excluding hydrogens is 468 g/mol. The molecule has 0 aliphatic carbocycles. The molecule has 2 aromatic heterocycles. The van der Waals surface area contributed by atoms with Crippen molar-refractivity contribution < 1.29 is 18.0 Å². The molecule has 0 atom stereocenters. The molecule has 186 valence electrons. The van der Waals surface area contributed by atoms with Gasteiger partial charge in [0.15, 0.2) is 0 Å². The fraction of sp³-hybridized carbons (Fsp3) is 0.375. The van der Waals surface area contributed by atoms with Crippen molar-refractivity contribution in [3.05, 3.63) is 54.4 Å². The normalized spacial score (nSPS) is 14.8. The SMILES string of the molecule is CCN(CC)C(=O)c1cnn2ccc(N3CCN(S(=O)(=O)c4ccc(NC(C)=O)cc4)CC3)cc12. The fourth-order valence-corrected chi connectivity index (χ4v) is 5.68. The van der Waals surface area contributed by atoms with E-state index in [0.29, 0.717) is 50.5 Å². The molecule has 0 saturated carbocycles. The molecular formula is C24H30N6O4S. The van der Waals surface area contributed by atoms with E-state index in [1.165, 1.54) is 23.4 Å². The Morgan fingerprint density at radius 2 is 1.69 bits per heavy atom. The van der Waals surface area contributed by atoms with Crippen LogP contribution in [-0.2, 0) is 14.8 Å². The minimum Gasteiger partial charge on any atom is -0.369 e.